The van der Waals surface area contributed by atoms with Crippen molar-refractivity contribution >= 4 is 0 Å². The Hall–Kier alpha value is -0.352. The molecule has 0 aliphatic heterocycles. The van der Waals surface area contributed by atoms with Crippen LogP contribution in [-0.2, 0) is 21.1 Å². The van der Waals surface area contributed by atoms with Crippen molar-refractivity contribution in [3.8, 4) is 0 Å². The molecular weight excluding hydrogens is 304 g/mol. The van der Waals surface area contributed by atoms with Crippen LogP contribution in [-0.4, -0.2) is 0 Å². The normalized spacial score (nSPS) is 16.0. The summed E-state index contributed by atoms with van der Waals surface area (Å²) in [5.41, 5.74) is 0. The molecule has 0 radical (unpaired) electrons. The van der Waals surface area contributed by atoms with Crippen LogP contribution in [0.1, 0.15) is 15.7 Å². The van der Waals surface area contributed by atoms with Crippen LogP contribution in [0.3, 0.4) is 0 Å². The van der Waals surface area contributed by atoms with E-state index in [0.717, 1.165) is 12.8 Å². The SMILES string of the molecule is C1=CCC=C1.C1=CCC=C1.[HH].[HH].[W]. The molecule has 0 fully saturated rings. The van der Waals surface area contributed by atoms with Gasteiger partial charge in [0.2, 0.25) is 0 Å². The second kappa shape index (κ2) is 7.75. The van der Waals surface area contributed by atoms with Gasteiger partial charge in [0.15, 0.2) is 0 Å². The van der Waals surface area contributed by atoms with Gasteiger partial charge in [-0.1, -0.05) is 48.6 Å². The van der Waals surface area contributed by atoms with Crippen LogP contribution in [0.25, 0.3) is 0 Å². The van der Waals surface area contributed by atoms with Gasteiger partial charge in [-0.05, 0) is 12.8 Å². The zero-order valence-corrected chi connectivity index (χ0v) is 9.37. The molecule has 0 saturated heterocycles. The van der Waals surface area contributed by atoms with Gasteiger partial charge in [-0.3, -0.25) is 0 Å². The molecule has 11 heavy (non-hydrogen) atoms. The van der Waals surface area contributed by atoms with Gasteiger partial charge in [0.25, 0.3) is 0 Å². The minimum atomic E-state index is 0. The molecule has 0 saturated carbocycles. The van der Waals surface area contributed by atoms with Crippen molar-refractivity contribution in [2.45, 2.75) is 12.8 Å². The van der Waals surface area contributed by atoms with Crippen LogP contribution in [0.5, 0.6) is 0 Å². The second-order valence-corrected chi connectivity index (χ2v) is 2.18. The van der Waals surface area contributed by atoms with E-state index in [1.54, 1.807) is 0 Å². The van der Waals surface area contributed by atoms with Gasteiger partial charge in [0.1, 0.15) is 0 Å². The Morgan fingerprint density at radius 3 is 1.00 bits per heavy atom. The number of rotatable bonds is 0. The Morgan fingerprint density at radius 2 is 0.909 bits per heavy atom. The Kier molecular flexibility index (Phi) is 7.50. The van der Waals surface area contributed by atoms with Crippen LogP contribution in [0.15, 0.2) is 48.6 Å². The standard InChI is InChI=1S/2C5H6.W.2H2/c2*1-2-4-5-3-1;;;/h2*1-4H,5H2;;2*1H. The topological polar surface area (TPSA) is 0 Å². The third kappa shape index (κ3) is 6.06. The van der Waals surface area contributed by atoms with Crippen molar-refractivity contribution in [2.24, 2.45) is 0 Å². The molecule has 2 aliphatic carbocycles. The first-order chi connectivity index (χ1) is 5.00. The molecule has 0 heterocycles. The summed E-state index contributed by atoms with van der Waals surface area (Å²) >= 11 is 0. The zero-order valence-electron chi connectivity index (χ0n) is 6.44. The molecule has 0 unspecified atom stereocenters. The molecule has 0 nitrogen and oxygen atoms in total. The molecule has 0 aromatic carbocycles. The molecule has 62 valence electrons. The molecule has 0 bridgehead atoms. The van der Waals surface area contributed by atoms with E-state index in [9.17, 15) is 0 Å². The summed E-state index contributed by atoms with van der Waals surface area (Å²) in [6, 6.07) is 0. The van der Waals surface area contributed by atoms with E-state index >= 15 is 0 Å². The van der Waals surface area contributed by atoms with E-state index < -0.39 is 0 Å². The van der Waals surface area contributed by atoms with E-state index in [1.807, 2.05) is 0 Å². The van der Waals surface area contributed by atoms with E-state index in [1.165, 1.54) is 0 Å². The van der Waals surface area contributed by atoms with Gasteiger partial charge in [-0.15, -0.1) is 0 Å². The minimum Gasteiger partial charge on any atom is -0.0808 e. The molecule has 0 aromatic rings. The summed E-state index contributed by atoms with van der Waals surface area (Å²) in [4.78, 5) is 0. The summed E-state index contributed by atoms with van der Waals surface area (Å²) in [6.07, 6.45) is 19.0. The average Bonchev–Trinajstić information content (AvgIpc) is 2.67. The summed E-state index contributed by atoms with van der Waals surface area (Å²) in [5.74, 6) is 0. The van der Waals surface area contributed by atoms with E-state index in [4.69, 9.17) is 0 Å². The van der Waals surface area contributed by atoms with Crippen molar-refractivity contribution in [3.05, 3.63) is 48.6 Å². The van der Waals surface area contributed by atoms with Crippen LogP contribution >= 0.6 is 0 Å². The van der Waals surface area contributed by atoms with Crippen molar-refractivity contribution in [1.29, 1.82) is 0 Å². The summed E-state index contributed by atoms with van der Waals surface area (Å²) in [7, 11) is 0. The predicted molar refractivity (Wildman–Crippen MR) is 50.0 cm³/mol. The van der Waals surface area contributed by atoms with Gasteiger partial charge in [0, 0.05) is 23.9 Å². The van der Waals surface area contributed by atoms with E-state index in [2.05, 4.69) is 48.6 Å². The Morgan fingerprint density at radius 1 is 0.636 bits per heavy atom. The van der Waals surface area contributed by atoms with Gasteiger partial charge < -0.3 is 0 Å². The fourth-order valence-electron chi connectivity index (χ4n) is 0.786. The maximum atomic E-state index is 2.12. The number of hydrogen-bond acceptors (Lipinski definition) is 0. The fraction of sp³-hybridized carbons (Fsp3) is 0.200. The van der Waals surface area contributed by atoms with Gasteiger partial charge in [-0.2, -0.15) is 0 Å². The first-order valence-corrected chi connectivity index (χ1v) is 3.63. The molecule has 0 N–H and O–H groups in total. The van der Waals surface area contributed by atoms with Crippen molar-refractivity contribution in [3.63, 3.8) is 0 Å². The van der Waals surface area contributed by atoms with Gasteiger partial charge in [-0.25, -0.2) is 0 Å². The third-order valence-corrected chi connectivity index (χ3v) is 1.31. The first-order valence-electron chi connectivity index (χ1n) is 3.63. The van der Waals surface area contributed by atoms with Gasteiger partial charge in [0.05, 0.1) is 0 Å². The molecule has 1 heteroatoms. The van der Waals surface area contributed by atoms with Crippen LogP contribution in [0.4, 0.5) is 0 Å². The van der Waals surface area contributed by atoms with Crippen molar-refractivity contribution < 1.29 is 23.9 Å². The summed E-state index contributed by atoms with van der Waals surface area (Å²) in [5, 5.41) is 0. The van der Waals surface area contributed by atoms with Crippen molar-refractivity contribution in [1.82, 2.24) is 0 Å². The van der Waals surface area contributed by atoms with E-state index in [-0.39, 0.29) is 23.9 Å². The Balaban J connectivity index is -0.000000125. The smallest absolute Gasteiger partial charge is 0 e. The molecule has 2 aliphatic rings. The minimum absolute atomic E-state index is 0. The number of hydrogen-bond donors (Lipinski definition) is 0. The average molecular weight is 320 g/mol. The van der Waals surface area contributed by atoms with Crippen molar-refractivity contribution in [2.75, 3.05) is 0 Å². The Bertz CT molecular complexity index is 151. The van der Waals surface area contributed by atoms with Crippen LogP contribution < -0.4 is 0 Å². The predicted octanol–water partition coefficient (Wildman–Crippen LogP) is 3.49. The van der Waals surface area contributed by atoms with Gasteiger partial charge >= 0.3 is 0 Å². The summed E-state index contributed by atoms with van der Waals surface area (Å²) < 4.78 is 0. The number of allylic oxidation sites excluding steroid dienone is 8. The molecule has 0 spiro atoms. The first kappa shape index (κ1) is 10.6. The molecular formula is C10H16W. The molecule has 2 rings (SSSR count). The van der Waals surface area contributed by atoms with Crippen LogP contribution in [0.2, 0.25) is 0 Å². The third-order valence-electron chi connectivity index (χ3n) is 1.31. The monoisotopic (exact) mass is 320 g/mol. The second-order valence-electron chi connectivity index (χ2n) is 2.18. The zero-order chi connectivity index (χ0) is 7.07. The molecule has 0 aromatic heterocycles. The molecule has 0 amide bonds. The fourth-order valence-corrected chi connectivity index (χ4v) is 0.786. The maximum Gasteiger partial charge on any atom is 0 e. The largest absolute Gasteiger partial charge is 0.0808 e. The Labute approximate surface area is 85.6 Å². The quantitative estimate of drug-likeness (QED) is 0.641. The van der Waals surface area contributed by atoms with Crippen LogP contribution in [0, 0.1) is 0 Å². The maximum absolute atomic E-state index is 2.12. The van der Waals surface area contributed by atoms with E-state index in [0.29, 0.717) is 0 Å². The molecule has 0 atom stereocenters. The summed E-state index contributed by atoms with van der Waals surface area (Å²) in [6.45, 7) is 0.